The van der Waals surface area contributed by atoms with E-state index in [1.165, 1.54) is 4.88 Å². The third-order valence-electron chi connectivity index (χ3n) is 2.11. The van der Waals surface area contributed by atoms with E-state index in [4.69, 9.17) is 0 Å². The molecule has 0 fully saturated rings. The van der Waals surface area contributed by atoms with Crippen molar-refractivity contribution in [2.24, 2.45) is 0 Å². The molecule has 0 aliphatic heterocycles. The zero-order valence-electron chi connectivity index (χ0n) is 10.9. The Labute approximate surface area is 124 Å². The van der Waals surface area contributed by atoms with Crippen molar-refractivity contribution in [1.82, 2.24) is 19.1 Å². The third-order valence-corrected chi connectivity index (χ3v) is 4.25. The van der Waals surface area contributed by atoms with Crippen molar-refractivity contribution in [2.75, 3.05) is 0 Å². The molecule has 0 spiro atoms. The van der Waals surface area contributed by atoms with Crippen LogP contribution in [0.1, 0.15) is 25.6 Å². The van der Waals surface area contributed by atoms with Gasteiger partial charge in [0, 0.05) is 27.1 Å². The third kappa shape index (κ3) is 4.48. The van der Waals surface area contributed by atoms with Gasteiger partial charge in [-0.1, -0.05) is 16.1 Å². The Kier molecular flexibility index (Phi) is 4.88. The van der Waals surface area contributed by atoms with E-state index in [-0.39, 0.29) is 17.1 Å². The minimum absolute atomic E-state index is 0.0101. The molecule has 0 amide bonds. The van der Waals surface area contributed by atoms with E-state index in [1.807, 2.05) is 5.38 Å². The average Bonchev–Trinajstić information content (AvgIpc) is 2.94. The Balaban J connectivity index is 1.95. The van der Waals surface area contributed by atoms with Gasteiger partial charge in [-0.2, -0.15) is 0 Å². The minimum atomic E-state index is -0.0101. The van der Waals surface area contributed by atoms with E-state index < -0.39 is 0 Å². The SMILES string of the molecule is CC(C)(C)SNCc1cc(-c2cnn(SF)n2)cs1. The van der Waals surface area contributed by atoms with Crippen molar-refractivity contribution in [1.29, 1.82) is 0 Å². The van der Waals surface area contributed by atoms with Gasteiger partial charge in [0.15, 0.2) is 0 Å². The van der Waals surface area contributed by atoms with E-state index >= 15 is 0 Å². The molecule has 0 radical (unpaired) electrons. The minimum Gasteiger partial charge on any atom is -0.258 e. The zero-order valence-corrected chi connectivity index (χ0v) is 13.3. The molecule has 104 valence electrons. The van der Waals surface area contributed by atoms with Crippen LogP contribution in [0.4, 0.5) is 3.89 Å². The molecule has 0 aliphatic rings. The van der Waals surface area contributed by atoms with Gasteiger partial charge in [-0.05, 0) is 26.8 Å². The number of halogens is 1. The molecule has 0 aromatic carbocycles. The predicted octanol–water partition coefficient (Wildman–Crippen LogP) is 3.92. The fourth-order valence-corrected chi connectivity index (χ4v) is 3.12. The van der Waals surface area contributed by atoms with Crippen molar-refractivity contribution >= 4 is 35.6 Å². The second-order valence-electron chi connectivity index (χ2n) is 4.89. The molecular weight excluding hydrogens is 303 g/mol. The van der Waals surface area contributed by atoms with Crippen LogP contribution in [-0.2, 0) is 6.54 Å². The summed E-state index contributed by atoms with van der Waals surface area (Å²) in [4.78, 5) is 1.22. The van der Waals surface area contributed by atoms with Gasteiger partial charge < -0.3 is 0 Å². The fraction of sp³-hybridized carbons (Fsp3) is 0.455. The molecule has 0 aliphatic carbocycles. The second kappa shape index (κ2) is 6.25. The van der Waals surface area contributed by atoms with Crippen LogP contribution in [0.5, 0.6) is 0 Å². The lowest BCUT2D eigenvalue weighted by atomic mass is 10.2. The van der Waals surface area contributed by atoms with Crippen molar-refractivity contribution in [3.63, 3.8) is 0 Å². The molecule has 19 heavy (non-hydrogen) atoms. The van der Waals surface area contributed by atoms with E-state index in [0.717, 1.165) is 16.3 Å². The molecule has 8 heteroatoms. The predicted molar refractivity (Wildman–Crippen MR) is 81.6 cm³/mol. The van der Waals surface area contributed by atoms with Crippen LogP contribution in [0.3, 0.4) is 0 Å². The molecule has 2 rings (SSSR count). The maximum absolute atomic E-state index is 12.3. The van der Waals surface area contributed by atoms with Crippen molar-refractivity contribution < 1.29 is 3.89 Å². The Hall–Kier alpha value is -0.570. The first-order chi connectivity index (χ1) is 8.98. The second-order valence-corrected chi connectivity index (χ2v) is 8.07. The number of nitrogens with zero attached hydrogens (tertiary/aromatic N) is 3. The smallest absolute Gasteiger partial charge is 0.207 e. The lowest BCUT2D eigenvalue weighted by molar-refractivity contribution is 0.789. The maximum atomic E-state index is 12.3. The normalized spacial score (nSPS) is 12.0. The van der Waals surface area contributed by atoms with Crippen molar-refractivity contribution in [3.8, 4) is 11.3 Å². The standard InChI is InChI=1S/C11H15FN4S3/c1-11(2,3)18-14-5-9-4-8(7-17-9)10-6-13-16(15-10)19-12/h4,6-7,14H,5H2,1-3H3. The summed E-state index contributed by atoms with van der Waals surface area (Å²) in [5, 5.41) is 9.81. The summed E-state index contributed by atoms with van der Waals surface area (Å²) < 4.78 is 16.8. The molecule has 1 N–H and O–H groups in total. The van der Waals surface area contributed by atoms with Crippen molar-refractivity contribution in [2.45, 2.75) is 32.1 Å². The first kappa shape index (κ1) is 14.8. The summed E-state index contributed by atoms with van der Waals surface area (Å²) in [6, 6.07) is 2.05. The summed E-state index contributed by atoms with van der Waals surface area (Å²) in [7, 11) is 0. The molecule has 2 heterocycles. The fourth-order valence-electron chi connectivity index (χ4n) is 1.34. The highest BCUT2D eigenvalue weighted by Gasteiger charge is 2.11. The summed E-state index contributed by atoms with van der Waals surface area (Å²) in [6.45, 7) is 7.30. The van der Waals surface area contributed by atoms with Crippen LogP contribution < -0.4 is 4.72 Å². The highest BCUT2D eigenvalue weighted by atomic mass is 32.2. The van der Waals surface area contributed by atoms with Gasteiger partial charge in [0.1, 0.15) is 5.69 Å². The van der Waals surface area contributed by atoms with Crippen LogP contribution in [0.25, 0.3) is 11.3 Å². The monoisotopic (exact) mass is 318 g/mol. The van der Waals surface area contributed by atoms with Crippen molar-refractivity contribution in [3.05, 3.63) is 22.5 Å². The van der Waals surface area contributed by atoms with E-state index in [2.05, 4.69) is 41.8 Å². The average molecular weight is 318 g/mol. The number of nitrogens with one attached hydrogen (secondary N) is 1. The molecule has 2 aromatic heterocycles. The zero-order chi connectivity index (χ0) is 13.9. The first-order valence-corrected chi connectivity index (χ1v) is 8.05. The summed E-state index contributed by atoms with van der Waals surface area (Å²) in [5.74, 6) is 0. The summed E-state index contributed by atoms with van der Waals surface area (Å²) >= 11 is 3.36. The maximum Gasteiger partial charge on any atom is 0.207 e. The van der Waals surface area contributed by atoms with E-state index in [0.29, 0.717) is 5.69 Å². The molecule has 0 bridgehead atoms. The molecule has 0 unspecified atom stereocenters. The quantitative estimate of drug-likeness (QED) is 0.846. The van der Waals surface area contributed by atoms with Gasteiger partial charge in [0.05, 0.1) is 6.20 Å². The molecule has 2 aromatic rings. The molecule has 0 atom stereocenters. The number of hydrogen-bond acceptors (Lipinski definition) is 6. The Morgan fingerprint density at radius 1 is 1.47 bits per heavy atom. The van der Waals surface area contributed by atoms with Crippen LogP contribution in [0.2, 0.25) is 0 Å². The van der Waals surface area contributed by atoms with Crippen LogP contribution in [-0.4, -0.2) is 19.1 Å². The van der Waals surface area contributed by atoms with Gasteiger partial charge in [-0.15, -0.1) is 25.4 Å². The Morgan fingerprint density at radius 2 is 2.26 bits per heavy atom. The van der Waals surface area contributed by atoms with Crippen LogP contribution >= 0.6 is 35.6 Å². The Bertz CT molecular complexity index is 532. The van der Waals surface area contributed by atoms with Crippen LogP contribution in [0.15, 0.2) is 17.6 Å². The highest BCUT2D eigenvalue weighted by molar-refractivity contribution is 7.98. The largest absolute Gasteiger partial charge is 0.258 e. The summed E-state index contributed by atoms with van der Waals surface area (Å²) in [6.07, 6.45) is 1.57. The van der Waals surface area contributed by atoms with Gasteiger partial charge in [0.2, 0.25) is 12.3 Å². The lowest BCUT2D eigenvalue weighted by Gasteiger charge is -2.17. The number of hydrogen-bond donors (Lipinski definition) is 1. The Morgan fingerprint density at radius 3 is 2.89 bits per heavy atom. The van der Waals surface area contributed by atoms with E-state index in [1.54, 1.807) is 29.5 Å². The number of rotatable bonds is 5. The van der Waals surface area contributed by atoms with Gasteiger partial charge in [0.25, 0.3) is 0 Å². The molecule has 0 saturated heterocycles. The molecular formula is C11H15FN4S3. The van der Waals surface area contributed by atoms with Gasteiger partial charge in [-0.3, -0.25) is 4.72 Å². The first-order valence-electron chi connectivity index (χ1n) is 5.68. The lowest BCUT2D eigenvalue weighted by Crippen LogP contribution is -2.16. The van der Waals surface area contributed by atoms with Gasteiger partial charge >= 0.3 is 0 Å². The highest BCUT2D eigenvalue weighted by Crippen LogP contribution is 2.26. The van der Waals surface area contributed by atoms with Crippen LogP contribution in [0, 0.1) is 0 Å². The number of thiophene rings is 1. The topological polar surface area (TPSA) is 42.7 Å². The molecule has 4 nitrogen and oxygen atoms in total. The molecule has 0 saturated carbocycles. The number of aromatic nitrogens is 3. The van der Waals surface area contributed by atoms with E-state index in [9.17, 15) is 3.89 Å². The van der Waals surface area contributed by atoms with Gasteiger partial charge in [-0.25, -0.2) is 0 Å². The summed E-state index contributed by atoms with van der Waals surface area (Å²) in [5.41, 5.74) is 1.67.